The fourth-order valence-electron chi connectivity index (χ4n) is 2.86. The van der Waals surface area contributed by atoms with Crippen molar-refractivity contribution < 1.29 is 19.1 Å². The minimum Gasteiger partial charge on any atom is -0.454 e. The molecule has 1 N–H and O–H groups in total. The second kappa shape index (κ2) is 8.83. The van der Waals surface area contributed by atoms with Gasteiger partial charge in [-0.25, -0.2) is 4.79 Å². The number of carbonyl (C=O) groups excluding carboxylic acids is 2. The van der Waals surface area contributed by atoms with Crippen molar-refractivity contribution in [3.05, 3.63) is 70.7 Å². The van der Waals surface area contributed by atoms with Gasteiger partial charge >= 0.3 is 5.97 Å². The number of nitrogens with one attached hydrogen (secondary N) is 1. The Bertz CT molecular complexity index is 742. The van der Waals surface area contributed by atoms with Crippen molar-refractivity contribution in [1.29, 1.82) is 0 Å². The first-order valence-electron chi connectivity index (χ1n) is 8.51. The third kappa shape index (κ3) is 4.84. The predicted octanol–water partition coefficient (Wildman–Crippen LogP) is 3.27. The summed E-state index contributed by atoms with van der Waals surface area (Å²) in [5.41, 5.74) is 1.81. The Labute approximate surface area is 157 Å². The molecular weight excluding hydrogens is 354 g/mol. The lowest BCUT2D eigenvalue weighted by Gasteiger charge is -2.20. The van der Waals surface area contributed by atoms with Crippen LogP contribution in [0.2, 0.25) is 5.02 Å². The maximum Gasteiger partial charge on any atom is 0.335 e. The van der Waals surface area contributed by atoms with Crippen LogP contribution in [0.15, 0.2) is 54.6 Å². The molecule has 1 amide bonds. The van der Waals surface area contributed by atoms with Gasteiger partial charge in [0.1, 0.15) is 0 Å². The Hall–Kier alpha value is -2.37. The predicted molar refractivity (Wildman–Crippen MR) is 97.8 cm³/mol. The molecule has 0 spiro atoms. The van der Waals surface area contributed by atoms with Crippen LogP contribution in [0.4, 0.5) is 0 Å². The second-order valence-corrected chi connectivity index (χ2v) is 6.51. The minimum absolute atomic E-state index is 0.338. The molecular formula is C20H20ClNO4. The SMILES string of the molecule is O=C(COC(=O)[C@H]1CCCO1)N[C@@H](c1ccccc1)c1ccc(Cl)cc1. The Balaban J connectivity index is 1.66. The van der Waals surface area contributed by atoms with Crippen LogP contribution in [0.3, 0.4) is 0 Å². The average molecular weight is 374 g/mol. The van der Waals surface area contributed by atoms with Crippen molar-refractivity contribution in [3.8, 4) is 0 Å². The van der Waals surface area contributed by atoms with Crippen molar-refractivity contribution in [1.82, 2.24) is 5.32 Å². The van der Waals surface area contributed by atoms with Crippen molar-refractivity contribution >= 4 is 23.5 Å². The summed E-state index contributed by atoms with van der Waals surface area (Å²) in [5, 5.41) is 3.54. The van der Waals surface area contributed by atoms with Crippen molar-refractivity contribution in [2.45, 2.75) is 25.0 Å². The summed E-state index contributed by atoms with van der Waals surface area (Å²) in [6, 6.07) is 16.5. The first-order valence-corrected chi connectivity index (χ1v) is 8.89. The van der Waals surface area contributed by atoms with E-state index in [0.717, 1.165) is 17.5 Å². The normalized spacial score (nSPS) is 17.5. The molecule has 0 aromatic heterocycles. The highest BCUT2D eigenvalue weighted by atomic mass is 35.5. The maximum absolute atomic E-state index is 12.3. The van der Waals surface area contributed by atoms with Gasteiger partial charge in [0.05, 0.1) is 6.04 Å². The molecule has 2 aromatic carbocycles. The molecule has 1 saturated heterocycles. The summed E-state index contributed by atoms with van der Waals surface area (Å²) >= 11 is 5.96. The molecule has 1 aliphatic heterocycles. The highest BCUT2D eigenvalue weighted by molar-refractivity contribution is 6.30. The monoisotopic (exact) mass is 373 g/mol. The van der Waals surface area contributed by atoms with E-state index >= 15 is 0 Å². The van der Waals surface area contributed by atoms with Gasteiger partial charge in [-0.1, -0.05) is 54.1 Å². The summed E-state index contributed by atoms with van der Waals surface area (Å²) in [6.45, 7) is 0.216. The Kier molecular flexibility index (Phi) is 6.26. The Morgan fingerprint density at radius 2 is 1.81 bits per heavy atom. The lowest BCUT2D eigenvalue weighted by molar-refractivity contribution is -0.157. The largest absolute Gasteiger partial charge is 0.454 e. The first-order chi connectivity index (χ1) is 12.6. The molecule has 0 radical (unpaired) electrons. The zero-order chi connectivity index (χ0) is 18.4. The summed E-state index contributed by atoms with van der Waals surface area (Å²) in [6.07, 6.45) is 0.917. The second-order valence-electron chi connectivity index (χ2n) is 6.07. The quantitative estimate of drug-likeness (QED) is 0.789. The van der Waals surface area contributed by atoms with Crippen LogP contribution < -0.4 is 5.32 Å². The standard InChI is InChI=1S/C20H20ClNO4/c21-16-10-8-15(9-11-16)19(14-5-2-1-3-6-14)22-18(23)13-26-20(24)17-7-4-12-25-17/h1-3,5-6,8-11,17,19H,4,7,12-13H2,(H,22,23)/t17-,19+/m1/s1. The molecule has 136 valence electrons. The van der Waals surface area contributed by atoms with Crippen molar-refractivity contribution in [2.75, 3.05) is 13.2 Å². The topological polar surface area (TPSA) is 64.6 Å². The molecule has 3 rings (SSSR count). The van der Waals surface area contributed by atoms with Crippen LogP contribution in [-0.2, 0) is 19.1 Å². The average Bonchev–Trinajstić information content (AvgIpc) is 3.21. The van der Waals surface area contributed by atoms with E-state index in [2.05, 4.69) is 5.32 Å². The number of benzene rings is 2. The van der Waals surface area contributed by atoms with E-state index in [1.165, 1.54) is 0 Å². The van der Waals surface area contributed by atoms with E-state index in [0.29, 0.717) is 18.1 Å². The summed E-state index contributed by atoms with van der Waals surface area (Å²) in [4.78, 5) is 24.2. The number of hydrogen-bond donors (Lipinski definition) is 1. The molecule has 26 heavy (non-hydrogen) atoms. The molecule has 0 saturated carbocycles. The zero-order valence-corrected chi connectivity index (χ0v) is 14.9. The molecule has 0 aliphatic carbocycles. The number of carbonyl (C=O) groups is 2. The molecule has 5 nitrogen and oxygen atoms in total. The highest BCUT2D eigenvalue weighted by Crippen LogP contribution is 2.23. The van der Waals surface area contributed by atoms with Gasteiger partial charge in [-0.3, -0.25) is 4.79 Å². The van der Waals surface area contributed by atoms with Crippen molar-refractivity contribution in [3.63, 3.8) is 0 Å². The van der Waals surface area contributed by atoms with E-state index in [1.54, 1.807) is 12.1 Å². The van der Waals surface area contributed by atoms with Gasteiger partial charge in [-0.2, -0.15) is 0 Å². The van der Waals surface area contributed by atoms with Gasteiger partial charge in [-0.15, -0.1) is 0 Å². The van der Waals surface area contributed by atoms with E-state index in [-0.39, 0.29) is 18.6 Å². The van der Waals surface area contributed by atoms with Crippen LogP contribution in [0.25, 0.3) is 0 Å². The fraction of sp³-hybridized carbons (Fsp3) is 0.300. The van der Waals surface area contributed by atoms with Crippen molar-refractivity contribution in [2.24, 2.45) is 0 Å². The lowest BCUT2D eigenvalue weighted by atomic mass is 9.99. The van der Waals surface area contributed by atoms with Crippen LogP contribution in [0, 0.1) is 0 Å². The first kappa shape index (κ1) is 18.4. The molecule has 1 aliphatic rings. The number of halogens is 1. The molecule has 2 atom stereocenters. The minimum atomic E-state index is -0.552. The van der Waals surface area contributed by atoms with Gasteiger partial charge in [0.25, 0.3) is 5.91 Å². The Morgan fingerprint density at radius 1 is 1.12 bits per heavy atom. The summed E-state index contributed by atoms with van der Waals surface area (Å²) in [7, 11) is 0. The van der Waals surface area contributed by atoms with Crippen LogP contribution in [0.5, 0.6) is 0 Å². The van der Waals surface area contributed by atoms with Gasteiger partial charge in [0.15, 0.2) is 12.7 Å². The van der Waals surface area contributed by atoms with E-state index in [4.69, 9.17) is 21.1 Å². The fourth-order valence-corrected chi connectivity index (χ4v) is 2.98. The molecule has 0 unspecified atom stereocenters. The third-order valence-corrected chi connectivity index (χ3v) is 4.43. The van der Waals surface area contributed by atoms with Crippen LogP contribution in [-0.4, -0.2) is 31.2 Å². The molecule has 2 aromatic rings. The molecule has 1 fully saturated rings. The molecule has 6 heteroatoms. The van der Waals surface area contributed by atoms with Crippen LogP contribution in [0.1, 0.15) is 30.0 Å². The Morgan fingerprint density at radius 3 is 2.46 bits per heavy atom. The van der Waals surface area contributed by atoms with Gasteiger partial charge < -0.3 is 14.8 Å². The summed E-state index contributed by atoms with van der Waals surface area (Å²) in [5.74, 6) is -0.861. The van der Waals surface area contributed by atoms with E-state index < -0.39 is 12.1 Å². The third-order valence-electron chi connectivity index (χ3n) is 4.18. The maximum atomic E-state index is 12.3. The van der Waals surface area contributed by atoms with Gasteiger partial charge in [0, 0.05) is 11.6 Å². The zero-order valence-electron chi connectivity index (χ0n) is 14.2. The number of ether oxygens (including phenoxy) is 2. The van der Waals surface area contributed by atoms with E-state index in [1.807, 2.05) is 42.5 Å². The number of rotatable bonds is 6. The smallest absolute Gasteiger partial charge is 0.335 e. The number of esters is 1. The van der Waals surface area contributed by atoms with E-state index in [9.17, 15) is 9.59 Å². The van der Waals surface area contributed by atoms with Crippen LogP contribution >= 0.6 is 11.6 Å². The number of hydrogen-bond acceptors (Lipinski definition) is 4. The highest BCUT2D eigenvalue weighted by Gasteiger charge is 2.26. The van der Waals surface area contributed by atoms with Gasteiger partial charge in [0.2, 0.25) is 0 Å². The molecule has 0 bridgehead atoms. The summed E-state index contributed by atoms with van der Waals surface area (Å²) < 4.78 is 10.3. The van der Waals surface area contributed by atoms with Gasteiger partial charge in [-0.05, 0) is 36.1 Å². The molecule has 1 heterocycles. The number of amides is 1. The lowest BCUT2D eigenvalue weighted by Crippen LogP contribution is -2.34.